The average Bonchev–Trinajstić information content (AvgIpc) is 2.99. The number of nitrogens with one attached hydrogen (secondary N) is 3. The summed E-state index contributed by atoms with van der Waals surface area (Å²) in [5, 5.41) is 7.47. The molecule has 0 spiro atoms. The Labute approximate surface area is 251 Å². The maximum atomic E-state index is 14.4. The summed E-state index contributed by atoms with van der Waals surface area (Å²) in [6, 6.07) is 25.0. The number of carbonyl (C=O) groups is 3. The van der Waals surface area contributed by atoms with Crippen LogP contribution < -0.4 is 16.0 Å². The fraction of sp³-hybridized carbons (Fsp3) is 0.0938. The molecule has 0 fully saturated rings. The molecule has 10 heteroatoms. The van der Waals surface area contributed by atoms with Crippen molar-refractivity contribution < 1.29 is 23.2 Å². The predicted molar refractivity (Wildman–Crippen MR) is 163 cm³/mol. The summed E-state index contributed by atoms with van der Waals surface area (Å²) in [4.78, 5) is 39.8. The lowest BCUT2D eigenvalue weighted by Crippen LogP contribution is -2.30. The minimum absolute atomic E-state index is 0.0969. The van der Waals surface area contributed by atoms with Gasteiger partial charge in [0.2, 0.25) is 5.91 Å². The maximum Gasteiger partial charge on any atom is 0.272 e. The fourth-order valence-electron chi connectivity index (χ4n) is 3.82. The van der Waals surface area contributed by atoms with Crippen molar-refractivity contribution >= 4 is 58.5 Å². The Morgan fingerprint density at radius 2 is 1.55 bits per heavy atom. The topological polar surface area (TPSA) is 87.3 Å². The smallest absolute Gasteiger partial charge is 0.272 e. The molecule has 0 bridgehead atoms. The van der Waals surface area contributed by atoms with Gasteiger partial charge in [-0.15, -0.1) is 11.8 Å². The normalized spacial score (nSPS) is 11.9. The summed E-state index contributed by atoms with van der Waals surface area (Å²) in [6.45, 7) is 1.86. The van der Waals surface area contributed by atoms with E-state index in [4.69, 9.17) is 11.6 Å². The van der Waals surface area contributed by atoms with Crippen molar-refractivity contribution in [2.45, 2.75) is 23.5 Å². The van der Waals surface area contributed by atoms with E-state index in [0.29, 0.717) is 28.3 Å². The van der Waals surface area contributed by atoms with Crippen molar-refractivity contribution in [3.63, 3.8) is 0 Å². The third-order valence-electron chi connectivity index (χ3n) is 5.95. The highest BCUT2D eigenvalue weighted by atomic mass is 35.5. The van der Waals surface area contributed by atoms with Gasteiger partial charge >= 0.3 is 0 Å². The van der Waals surface area contributed by atoms with Gasteiger partial charge in [0.1, 0.15) is 17.3 Å². The van der Waals surface area contributed by atoms with Gasteiger partial charge in [0.05, 0.1) is 10.3 Å². The van der Waals surface area contributed by atoms with E-state index in [1.165, 1.54) is 54.2 Å². The maximum absolute atomic E-state index is 14.4. The van der Waals surface area contributed by atoms with Crippen LogP contribution in [0.2, 0.25) is 5.02 Å². The van der Waals surface area contributed by atoms with Gasteiger partial charge in [0.15, 0.2) is 0 Å². The van der Waals surface area contributed by atoms with Crippen molar-refractivity contribution in [2.24, 2.45) is 0 Å². The Morgan fingerprint density at radius 1 is 0.833 bits per heavy atom. The zero-order chi connectivity index (χ0) is 30.1. The number of thioether (sulfide) groups is 1. The van der Waals surface area contributed by atoms with Gasteiger partial charge in [0.25, 0.3) is 11.8 Å². The van der Waals surface area contributed by atoms with Crippen LogP contribution in [0.1, 0.15) is 29.3 Å². The molecule has 3 amide bonds. The molecule has 4 rings (SSSR count). The molecule has 4 aromatic rings. The molecule has 0 saturated heterocycles. The van der Waals surface area contributed by atoms with E-state index < -0.39 is 28.7 Å². The first kappa shape index (κ1) is 30.5. The lowest BCUT2D eigenvalue weighted by Gasteiger charge is -2.16. The fourth-order valence-corrected chi connectivity index (χ4v) is 5.01. The first-order valence-corrected chi connectivity index (χ1v) is 14.2. The van der Waals surface area contributed by atoms with Crippen LogP contribution in [-0.4, -0.2) is 23.0 Å². The van der Waals surface area contributed by atoms with Crippen LogP contribution in [0.5, 0.6) is 0 Å². The third-order valence-corrected chi connectivity index (χ3v) is 7.60. The number of anilines is 2. The Morgan fingerprint density at radius 3 is 2.26 bits per heavy atom. The van der Waals surface area contributed by atoms with Gasteiger partial charge in [-0.05, 0) is 67.1 Å². The molecule has 0 aliphatic heterocycles. The molecule has 42 heavy (non-hydrogen) atoms. The Kier molecular flexibility index (Phi) is 10.5. The molecule has 0 radical (unpaired) electrons. The minimum atomic E-state index is -0.664. The van der Waals surface area contributed by atoms with Gasteiger partial charge in [-0.1, -0.05) is 61.0 Å². The van der Waals surface area contributed by atoms with Crippen molar-refractivity contribution in [3.8, 4) is 0 Å². The third kappa shape index (κ3) is 8.28. The summed E-state index contributed by atoms with van der Waals surface area (Å²) in [5.41, 5.74) is 1.07. The Bertz CT molecular complexity index is 1630. The van der Waals surface area contributed by atoms with Gasteiger partial charge in [-0.3, -0.25) is 14.4 Å². The van der Waals surface area contributed by atoms with Crippen molar-refractivity contribution in [1.29, 1.82) is 0 Å². The van der Waals surface area contributed by atoms with Crippen LogP contribution in [0, 0.1) is 11.6 Å². The molecule has 0 aliphatic carbocycles. The van der Waals surface area contributed by atoms with E-state index in [9.17, 15) is 23.2 Å². The lowest BCUT2D eigenvalue weighted by molar-refractivity contribution is -0.116. The summed E-state index contributed by atoms with van der Waals surface area (Å²) in [5.74, 6) is -2.62. The zero-order valence-electron chi connectivity index (χ0n) is 22.4. The number of halogens is 3. The molecule has 0 aromatic heterocycles. The summed E-state index contributed by atoms with van der Waals surface area (Å²) < 4.78 is 27.9. The molecule has 1 unspecified atom stereocenters. The summed E-state index contributed by atoms with van der Waals surface area (Å²) in [7, 11) is 0. The van der Waals surface area contributed by atoms with Gasteiger partial charge in [0, 0.05) is 27.4 Å². The van der Waals surface area contributed by atoms with E-state index >= 15 is 0 Å². The molecular formula is C32H26ClF2N3O3S. The molecule has 6 nitrogen and oxygen atoms in total. The highest BCUT2D eigenvalue weighted by Gasteiger charge is 2.20. The Hall–Kier alpha value is -4.47. The van der Waals surface area contributed by atoms with Crippen LogP contribution in [-0.2, 0) is 9.59 Å². The van der Waals surface area contributed by atoms with E-state index in [2.05, 4.69) is 16.0 Å². The van der Waals surface area contributed by atoms with Crippen molar-refractivity contribution in [3.05, 3.63) is 131 Å². The van der Waals surface area contributed by atoms with Crippen LogP contribution in [0.15, 0.2) is 108 Å². The molecule has 4 aromatic carbocycles. The van der Waals surface area contributed by atoms with Crippen molar-refractivity contribution in [1.82, 2.24) is 5.32 Å². The average molecular weight is 606 g/mol. The molecule has 214 valence electrons. The van der Waals surface area contributed by atoms with Gasteiger partial charge in [-0.2, -0.15) is 0 Å². The second-order valence-corrected chi connectivity index (χ2v) is 10.7. The zero-order valence-corrected chi connectivity index (χ0v) is 23.9. The quantitative estimate of drug-likeness (QED) is 0.129. The SMILES string of the molecule is CCC(Sc1cccc(NC(=O)/C(=C/c2ccccc2F)NC(=O)c2ccccc2)c1)C(=O)Nc1ccc(F)c(Cl)c1. The van der Waals surface area contributed by atoms with Crippen LogP contribution in [0.3, 0.4) is 0 Å². The van der Waals surface area contributed by atoms with Gasteiger partial charge < -0.3 is 16.0 Å². The summed E-state index contributed by atoms with van der Waals surface area (Å²) >= 11 is 7.10. The van der Waals surface area contributed by atoms with E-state index in [1.54, 1.807) is 60.7 Å². The largest absolute Gasteiger partial charge is 0.325 e. The Balaban J connectivity index is 1.50. The molecule has 3 N–H and O–H groups in total. The van der Waals surface area contributed by atoms with E-state index in [0.717, 1.165) is 0 Å². The summed E-state index contributed by atoms with van der Waals surface area (Å²) in [6.07, 6.45) is 1.76. The minimum Gasteiger partial charge on any atom is -0.325 e. The molecule has 0 heterocycles. The molecular weight excluding hydrogens is 580 g/mol. The number of amides is 3. The number of hydrogen-bond donors (Lipinski definition) is 3. The molecule has 1 atom stereocenters. The highest BCUT2D eigenvalue weighted by Crippen LogP contribution is 2.29. The number of rotatable bonds is 10. The first-order chi connectivity index (χ1) is 20.2. The number of benzene rings is 4. The van der Waals surface area contributed by atoms with Crippen molar-refractivity contribution in [2.75, 3.05) is 10.6 Å². The first-order valence-electron chi connectivity index (χ1n) is 12.9. The second kappa shape index (κ2) is 14.4. The van der Waals surface area contributed by atoms with E-state index in [-0.39, 0.29) is 22.2 Å². The number of carbonyl (C=O) groups excluding carboxylic acids is 3. The monoisotopic (exact) mass is 605 g/mol. The highest BCUT2D eigenvalue weighted by molar-refractivity contribution is 8.00. The molecule has 0 saturated carbocycles. The van der Waals surface area contributed by atoms with Crippen LogP contribution in [0.25, 0.3) is 6.08 Å². The van der Waals surface area contributed by atoms with Crippen LogP contribution >= 0.6 is 23.4 Å². The van der Waals surface area contributed by atoms with Crippen LogP contribution in [0.4, 0.5) is 20.2 Å². The molecule has 0 aliphatic rings. The van der Waals surface area contributed by atoms with E-state index in [1.807, 2.05) is 6.92 Å². The second-order valence-electron chi connectivity index (χ2n) is 9.01. The number of hydrogen-bond acceptors (Lipinski definition) is 4. The van der Waals surface area contributed by atoms with Gasteiger partial charge in [-0.25, -0.2) is 8.78 Å². The predicted octanol–water partition coefficient (Wildman–Crippen LogP) is 7.54. The standard InChI is InChI=1S/C32H26ClF2N3O3S/c1-2-29(32(41)37-23-15-16-27(35)25(33)19-23)42-24-13-8-12-22(18-24)36-31(40)28(17-21-11-6-7-14-26(21)34)38-30(39)20-9-4-3-5-10-20/h3-19,29H,2H2,1H3,(H,36,40)(H,37,41)(H,38,39)/b28-17-. The lowest BCUT2D eigenvalue weighted by atomic mass is 10.1.